The molecule has 0 aliphatic heterocycles. The molecule has 1 aromatic carbocycles. The number of carbonyl (C=O) groups excluding carboxylic acids is 1. The van der Waals surface area contributed by atoms with Gasteiger partial charge in [0.2, 0.25) is 0 Å². The molecule has 16 heavy (non-hydrogen) atoms. The summed E-state index contributed by atoms with van der Waals surface area (Å²) in [6.45, 7) is 0.0505. The molecule has 0 radical (unpaired) electrons. The van der Waals surface area contributed by atoms with Gasteiger partial charge in [-0.3, -0.25) is 9.35 Å². The van der Waals surface area contributed by atoms with Crippen LogP contribution in [0.2, 0.25) is 0 Å². The zero-order valence-electron chi connectivity index (χ0n) is 8.17. The first kappa shape index (κ1) is 12.2. The van der Waals surface area contributed by atoms with Gasteiger partial charge in [-0.2, -0.15) is 8.42 Å². The summed E-state index contributed by atoms with van der Waals surface area (Å²) in [5, 5.41) is 2.38. The Kier molecular flexibility index (Phi) is 3.66. The van der Waals surface area contributed by atoms with Gasteiger partial charge in [0.05, 0.1) is 11.4 Å². The highest BCUT2D eigenvalue weighted by Crippen LogP contribution is 2.10. The minimum Gasteiger partial charge on any atom is -0.341 e. The molecule has 0 unspecified atom stereocenters. The Hall–Kier alpha value is -1.84. The van der Waals surface area contributed by atoms with Gasteiger partial charge in [0.15, 0.2) is 0 Å². The van der Waals surface area contributed by atoms with Crippen LogP contribution in [0.3, 0.4) is 0 Å². The smallest absolute Gasteiger partial charge is 0.294 e. The average Bonchev–Trinajstić information content (AvgIpc) is 2.25. The van der Waals surface area contributed by atoms with E-state index in [2.05, 4.69) is 11.2 Å². The van der Waals surface area contributed by atoms with Crippen LogP contribution in [-0.2, 0) is 10.1 Å². The van der Waals surface area contributed by atoms with Crippen LogP contribution in [0.5, 0.6) is 0 Å². The maximum atomic E-state index is 11.4. The van der Waals surface area contributed by atoms with E-state index in [1.165, 1.54) is 18.2 Å². The van der Waals surface area contributed by atoms with E-state index in [1.54, 1.807) is 0 Å². The van der Waals surface area contributed by atoms with E-state index in [1.807, 2.05) is 0 Å². The number of amides is 1. The van der Waals surface area contributed by atoms with Crippen molar-refractivity contribution in [2.45, 2.75) is 4.90 Å². The molecule has 5 nitrogen and oxygen atoms in total. The van der Waals surface area contributed by atoms with Crippen molar-refractivity contribution in [3.05, 3.63) is 29.8 Å². The van der Waals surface area contributed by atoms with Crippen molar-refractivity contribution in [1.82, 2.24) is 5.32 Å². The van der Waals surface area contributed by atoms with Gasteiger partial charge in [-0.05, 0) is 18.2 Å². The molecule has 0 aromatic heterocycles. The van der Waals surface area contributed by atoms with E-state index in [0.717, 1.165) is 6.07 Å². The monoisotopic (exact) mass is 239 g/mol. The lowest BCUT2D eigenvalue weighted by Crippen LogP contribution is -2.23. The zero-order valence-corrected chi connectivity index (χ0v) is 8.99. The highest BCUT2D eigenvalue weighted by atomic mass is 32.2. The Labute approximate surface area is 93.2 Å². The molecule has 1 aromatic rings. The Balaban J connectivity index is 3.01. The first-order valence-corrected chi connectivity index (χ1v) is 5.68. The van der Waals surface area contributed by atoms with Gasteiger partial charge in [-0.1, -0.05) is 12.0 Å². The Bertz CT molecular complexity index is 542. The van der Waals surface area contributed by atoms with Crippen molar-refractivity contribution < 1.29 is 17.8 Å². The van der Waals surface area contributed by atoms with Crippen molar-refractivity contribution in [2.24, 2.45) is 0 Å². The molecule has 2 N–H and O–H groups in total. The van der Waals surface area contributed by atoms with Crippen molar-refractivity contribution >= 4 is 16.0 Å². The van der Waals surface area contributed by atoms with E-state index in [-0.39, 0.29) is 17.0 Å². The lowest BCUT2D eigenvalue weighted by atomic mass is 10.2. The van der Waals surface area contributed by atoms with Gasteiger partial charge >= 0.3 is 0 Å². The Morgan fingerprint density at radius 2 is 2.19 bits per heavy atom. The van der Waals surface area contributed by atoms with E-state index in [4.69, 9.17) is 11.0 Å². The second-order valence-corrected chi connectivity index (χ2v) is 4.31. The fourth-order valence-corrected chi connectivity index (χ4v) is 1.56. The summed E-state index contributed by atoms with van der Waals surface area (Å²) in [6, 6.07) is 5.03. The lowest BCUT2D eigenvalue weighted by molar-refractivity contribution is 0.0958. The van der Waals surface area contributed by atoms with E-state index >= 15 is 0 Å². The zero-order chi connectivity index (χ0) is 12.2. The molecule has 84 valence electrons. The fraction of sp³-hybridized carbons (Fsp3) is 0.100. The third kappa shape index (κ3) is 3.08. The molecule has 0 aliphatic carbocycles. The molecule has 0 aliphatic rings. The third-order valence-corrected chi connectivity index (χ3v) is 2.59. The molecule has 0 atom stereocenters. The molecule has 0 saturated carbocycles. The molecule has 0 fully saturated rings. The summed E-state index contributed by atoms with van der Waals surface area (Å²) in [4.78, 5) is 11.1. The SMILES string of the molecule is C#CCNC(=O)c1cccc(S(=O)(=O)O)c1. The van der Waals surface area contributed by atoms with Crippen LogP contribution in [0, 0.1) is 12.3 Å². The van der Waals surface area contributed by atoms with Gasteiger partial charge in [-0.15, -0.1) is 6.42 Å². The number of hydrogen-bond donors (Lipinski definition) is 2. The standard InChI is InChI=1S/C10H9NO4S/c1-2-6-11-10(12)8-4-3-5-9(7-8)16(13,14)15/h1,3-5,7H,6H2,(H,11,12)(H,13,14,15). The fourth-order valence-electron chi connectivity index (χ4n) is 1.03. The van der Waals surface area contributed by atoms with Gasteiger partial charge in [0.1, 0.15) is 0 Å². The third-order valence-electron chi connectivity index (χ3n) is 1.75. The topological polar surface area (TPSA) is 83.5 Å². The van der Waals surface area contributed by atoms with Crippen LogP contribution < -0.4 is 5.32 Å². The number of hydrogen-bond acceptors (Lipinski definition) is 3. The van der Waals surface area contributed by atoms with E-state index in [9.17, 15) is 13.2 Å². The number of terminal acetylenes is 1. The van der Waals surface area contributed by atoms with Gasteiger partial charge in [0, 0.05) is 5.56 Å². The molecule has 0 heterocycles. The molecule has 6 heteroatoms. The van der Waals surface area contributed by atoms with Crippen molar-refractivity contribution in [3.8, 4) is 12.3 Å². The van der Waals surface area contributed by atoms with Gasteiger partial charge in [-0.25, -0.2) is 0 Å². The van der Waals surface area contributed by atoms with Crippen molar-refractivity contribution in [1.29, 1.82) is 0 Å². The van der Waals surface area contributed by atoms with Crippen LogP contribution >= 0.6 is 0 Å². The summed E-state index contributed by atoms with van der Waals surface area (Å²) >= 11 is 0. The van der Waals surface area contributed by atoms with Crippen molar-refractivity contribution in [3.63, 3.8) is 0 Å². The summed E-state index contributed by atoms with van der Waals surface area (Å²) in [7, 11) is -4.30. The highest BCUT2D eigenvalue weighted by Gasteiger charge is 2.12. The summed E-state index contributed by atoms with van der Waals surface area (Å²) in [5.41, 5.74) is 0.116. The highest BCUT2D eigenvalue weighted by molar-refractivity contribution is 7.85. The second kappa shape index (κ2) is 4.79. The predicted molar refractivity (Wildman–Crippen MR) is 57.4 cm³/mol. The van der Waals surface area contributed by atoms with E-state index in [0.29, 0.717) is 0 Å². The van der Waals surface area contributed by atoms with Crippen LogP contribution in [0.1, 0.15) is 10.4 Å². The van der Waals surface area contributed by atoms with Crippen LogP contribution in [0.15, 0.2) is 29.2 Å². The Morgan fingerprint density at radius 3 is 2.75 bits per heavy atom. The average molecular weight is 239 g/mol. The molecule has 1 amide bonds. The molecule has 0 spiro atoms. The largest absolute Gasteiger partial charge is 0.341 e. The minimum atomic E-state index is -4.30. The second-order valence-electron chi connectivity index (χ2n) is 2.89. The normalized spacial score (nSPS) is 10.5. The quantitative estimate of drug-likeness (QED) is 0.587. The summed E-state index contributed by atoms with van der Waals surface area (Å²) < 4.78 is 30.4. The lowest BCUT2D eigenvalue weighted by Gasteiger charge is -2.02. The summed E-state index contributed by atoms with van der Waals surface area (Å²) in [6.07, 6.45) is 4.95. The van der Waals surface area contributed by atoms with E-state index < -0.39 is 16.0 Å². The molecule has 0 bridgehead atoms. The number of rotatable bonds is 3. The number of nitrogens with one attached hydrogen (secondary N) is 1. The number of benzene rings is 1. The van der Waals surface area contributed by atoms with Crippen LogP contribution in [0.25, 0.3) is 0 Å². The first-order valence-electron chi connectivity index (χ1n) is 4.24. The number of carbonyl (C=O) groups is 1. The molecular formula is C10H9NO4S. The van der Waals surface area contributed by atoms with Crippen LogP contribution in [0.4, 0.5) is 0 Å². The van der Waals surface area contributed by atoms with Crippen LogP contribution in [-0.4, -0.2) is 25.4 Å². The molecular weight excluding hydrogens is 230 g/mol. The maximum Gasteiger partial charge on any atom is 0.294 e. The van der Waals surface area contributed by atoms with Gasteiger partial charge < -0.3 is 5.32 Å². The summed E-state index contributed by atoms with van der Waals surface area (Å²) in [5.74, 6) is 1.72. The predicted octanol–water partition coefficient (Wildman–Crippen LogP) is 0.296. The van der Waals surface area contributed by atoms with Gasteiger partial charge in [0.25, 0.3) is 16.0 Å². The first-order chi connectivity index (χ1) is 7.45. The van der Waals surface area contributed by atoms with Crippen molar-refractivity contribution in [2.75, 3.05) is 6.54 Å². The molecule has 0 saturated heterocycles. The maximum absolute atomic E-state index is 11.4. The minimum absolute atomic E-state index is 0.0505. The Morgan fingerprint density at radius 1 is 1.50 bits per heavy atom. The molecule has 1 rings (SSSR count).